The summed E-state index contributed by atoms with van der Waals surface area (Å²) in [6, 6.07) is 14.4. The van der Waals surface area contributed by atoms with Crippen molar-refractivity contribution in [1.82, 2.24) is 10.2 Å². The Labute approximate surface area is 137 Å². The summed E-state index contributed by atoms with van der Waals surface area (Å²) >= 11 is 0. The van der Waals surface area contributed by atoms with Gasteiger partial charge < -0.3 is 10.2 Å². The third kappa shape index (κ3) is 4.05. The number of benzene rings is 2. The van der Waals surface area contributed by atoms with Crippen LogP contribution < -0.4 is 5.32 Å². The molecule has 0 saturated heterocycles. The number of nitrogens with one attached hydrogen (secondary N) is 1. The standard InChI is InChI=1S/C19H22N2O2/c1-14-8-10-15(11-9-14)18(22)16-6-4-5-7-17(16)19(23)21(3)13-12-20-2/h4-11,20H,12-13H2,1-3H3. The smallest absolute Gasteiger partial charge is 0.254 e. The fourth-order valence-electron chi connectivity index (χ4n) is 2.31. The number of carbonyl (C=O) groups is 2. The van der Waals surface area contributed by atoms with E-state index in [1.54, 1.807) is 48.3 Å². The van der Waals surface area contributed by atoms with Crippen LogP contribution in [0.1, 0.15) is 31.8 Å². The van der Waals surface area contributed by atoms with E-state index in [0.29, 0.717) is 29.8 Å². The van der Waals surface area contributed by atoms with Gasteiger partial charge in [0.1, 0.15) is 0 Å². The van der Waals surface area contributed by atoms with E-state index in [4.69, 9.17) is 0 Å². The first-order valence-electron chi connectivity index (χ1n) is 7.65. The van der Waals surface area contributed by atoms with Gasteiger partial charge in [-0.05, 0) is 20.0 Å². The van der Waals surface area contributed by atoms with E-state index >= 15 is 0 Å². The molecule has 2 rings (SSSR count). The molecule has 23 heavy (non-hydrogen) atoms. The third-order valence-electron chi connectivity index (χ3n) is 3.76. The summed E-state index contributed by atoms with van der Waals surface area (Å²) in [5.41, 5.74) is 2.57. The molecule has 2 aromatic rings. The van der Waals surface area contributed by atoms with Gasteiger partial charge in [-0.15, -0.1) is 0 Å². The molecular weight excluding hydrogens is 288 g/mol. The Kier molecular flexibility index (Phi) is 5.66. The summed E-state index contributed by atoms with van der Waals surface area (Å²) in [5.74, 6) is -0.271. The van der Waals surface area contributed by atoms with Gasteiger partial charge in [-0.1, -0.05) is 48.0 Å². The van der Waals surface area contributed by atoms with Gasteiger partial charge in [0, 0.05) is 31.3 Å². The minimum Gasteiger partial charge on any atom is -0.340 e. The molecule has 0 bridgehead atoms. The molecule has 0 aromatic heterocycles. The third-order valence-corrected chi connectivity index (χ3v) is 3.76. The molecule has 120 valence electrons. The van der Waals surface area contributed by atoms with E-state index in [1.165, 1.54) is 0 Å². The van der Waals surface area contributed by atoms with Crippen LogP contribution in [0.4, 0.5) is 0 Å². The van der Waals surface area contributed by atoms with E-state index in [-0.39, 0.29) is 11.7 Å². The first-order valence-corrected chi connectivity index (χ1v) is 7.65. The van der Waals surface area contributed by atoms with Crippen LogP contribution in [0.2, 0.25) is 0 Å². The average Bonchev–Trinajstić information content (AvgIpc) is 2.59. The zero-order chi connectivity index (χ0) is 16.8. The molecule has 1 N–H and O–H groups in total. The Morgan fingerprint density at radius 1 is 1.00 bits per heavy atom. The van der Waals surface area contributed by atoms with Gasteiger partial charge in [-0.3, -0.25) is 9.59 Å². The average molecular weight is 310 g/mol. The highest BCUT2D eigenvalue weighted by Crippen LogP contribution is 2.17. The second kappa shape index (κ2) is 7.70. The number of ketones is 1. The number of amides is 1. The van der Waals surface area contributed by atoms with Crippen LogP contribution in [0.25, 0.3) is 0 Å². The second-order valence-corrected chi connectivity index (χ2v) is 5.57. The van der Waals surface area contributed by atoms with Gasteiger partial charge in [0.2, 0.25) is 0 Å². The normalized spacial score (nSPS) is 10.4. The minimum absolute atomic E-state index is 0.129. The zero-order valence-electron chi connectivity index (χ0n) is 13.8. The lowest BCUT2D eigenvalue weighted by Gasteiger charge is -2.18. The van der Waals surface area contributed by atoms with Crippen molar-refractivity contribution in [2.75, 3.05) is 27.2 Å². The molecule has 1 amide bonds. The minimum atomic E-state index is -0.142. The van der Waals surface area contributed by atoms with Crippen molar-refractivity contribution in [3.63, 3.8) is 0 Å². The van der Waals surface area contributed by atoms with Crippen LogP contribution in [-0.4, -0.2) is 43.8 Å². The van der Waals surface area contributed by atoms with Crippen LogP contribution in [0, 0.1) is 6.92 Å². The number of rotatable bonds is 6. The first-order chi connectivity index (χ1) is 11.0. The van der Waals surface area contributed by atoms with Crippen molar-refractivity contribution < 1.29 is 9.59 Å². The highest BCUT2D eigenvalue weighted by Gasteiger charge is 2.20. The Morgan fingerprint density at radius 3 is 2.22 bits per heavy atom. The SMILES string of the molecule is CNCCN(C)C(=O)c1ccccc1C(=O)c1ccc(C)cc1. The second-order valence-electron chi connectivity index (χ2n) is 5.57. The van der Waals surface area contributed by atoms with E-state index in [9.17, 15) is 9.59 Å². The van der Waals surface area contributed by atoms with Crippen molar-refractivity contribution in [2.24, 2.45) is 0 Å². The van der Waals surface area contributed by atoms with Crippen LogP contribution in [0.5, 0.6) is 0 Å². The number of hydrogen-bond acceptors (Lipinski definition) is 3. The van der Waals surface area contributed by atoms with Crippen LogP contribution in [0.3, 0.4) is 0 Å². The largest absolute Gasteiger partial charge is 0.340 e. The first kappa shape index (κ1) is 16.9. The number of carbonyl (C=O) groups excluding carboxylic acids is 2. The van der Waals surface area contributed by atoms with Gasteiger partial charge in [0.25, 0.3) is 5.91 Å². The Balaban J connectivity index is 2.31. The zero-order valence-corrected chi connectivity index (χ0v) is 13.8. The molecule has 0 radical (unpaired) electrons. The molecule has 0 saturated carbocycles. The predicted molar refractivity (Wildman–Crippen MR) is 91.9 cm³/mol. The molecule has 0 fully saturated rings. The molecule has 0 atom stereocenters. The maximum Gasteiger partial charge on any atom is 0.254 e. The Morgan fingerprint density at radius 2 is 1.61 bits per heavy atom. The predicted octanol–water partition coefficient (Wildman–Crippen LogP) is 2.52. The van der Waals surface area contributed by atoms with Gasteiger partial charge in [0.05, 0.1) is 5.56 Å². The summed E-state index contributed by atoms with van der Waals surface area (Å²) < 4.78 is 0. The fraction of sp³-hybridized carbons (Fsp3) is 0.263. The van der Waals surface area contributed by atoms with Gasteiger partial charge in [-0.2, -0.15) is 0 Å². The van der Waals surface area contributed by atoms with Crippen molar-refractivity contribution in [3.8, 4) is 0 Å². The summed E-state index contributed by atoms with van der Waals surface area (Å²) in [6.45, 7) is 3.27. The van der Waals surface area contributed by atoms with Crippen LogP contribution in [0.15, 0.2) is 48.5 Å². The molecule has 2 aromatic carbocycles. The van der Waals surface area contributed by atoms with Crippen LogP contribution in [-0.2, 0) is 0 Å². The van der Waals surface area contributed by atoms with E-state index < -0.39 is 0 Å². The number of nitrogens with zero attached hydrogens (tertiary/aromatic N) is 1. The lowest BCUT2D eigenvalue weighted by molar-refractivity contribution is 0.0792. The molecular formula is C19H22N2O2. The van der Waals surface area contributed by atoms with Gasteiger partial charge in [-0.25, -0.2) is 0 Å². The van der Waals surface area contributed by atoms with Crippen molar-refractivity contribution in [1.29, 1.82) is 0 Å². The molecule has 0 unspecified atom stereocenters. The maximum absolute atomic E-state index is 12.7. The number of hydrogen-bond donors (Lipinski definition) is 1. The monoisotopic (exact) mass is 310 g/mol. The Hall–Kier alpha value is -2.46. The fourth-order valence-corrected chi connectivity index (χ4v) is 2.31. The summed E-state index contributed by atoms with van der Waals surface area (Å²) in [4.78, 5) is 27.0. The summed E-state index contributed by atoms with van der Waals surface area (Å²) in [6.07, 6.45) is 0. The van der Waals surface area contributed by atoms with Gasteiger partial charge in [0.15, 0.2) is 5.78 Å². The highest BCUT2D eigenvalue weighted by atomic mass is 16.2. The van der Waals surface area contributed by atoms with Crippen molar-refractivity contribution in [3.05, 3.63) is 70.8 Å². The van der Waals surface area contributed by atoms with E-state index in [2.05, 4.69) is 5.32 Å². The molecule has 0 aliphatic rings. The molecule has 0 aliphatic carbocycles. The molecule has 0 aliphatic heterocycles. The lowest BCUT2D eigenvalue weighted by Crippen LogP contribution is -2.33. The molecule has 0 spiro atoms. The maximum atomic E-state index is 12.7. The molecule has 0 heterocycles. The number of aryl methyl sites for hydroxylation is 1. The quantitative estimate of drug-likeness (QED) is 0.834. The lowest BCUT2D eigenvalue weighted by atomic mass is 9.97. The van der Waals surface area contributed by atoms with Crippen LogP contribution >= 0.6 is 0 Å². The van der Waals surface area contributed by atoms with Crippen molar-refractivity contribution in [2.45, 2.75) is 6.92 Å². The summed E-state index contributed by atoms with van der Waals surface area (Å²) in [7, 11) is 3.58. The highest BCUT2D eigenvalue weighted by molar-refractivity contribution is 6.15. The molecule has 4 heteroatoms. The Bertz CT molecular complexity index is 693. The van der Waals surface area contributed by atoms with Gasteiger partial charge >= 0.3 is 0 Å². The van der Waals surface area contributed by atoms with E-state index in [1.807, 2.05) is 26.1 Å². The topological polar surface area (TPSA) is 49.4 Å². The summed E-state index contributed by atoms with van der Waals surface area (Å²) in [5, 5.41) is 3.01. The number of likely N-dealkylation sites (N-methyl/N-ethyl adjacent to an activating group) is 2. The van der Waals surface area contributed by atoms with E-state index in [0.717, 1.165) is 5.56 Å². The molecule has 4 nitrogen and oxygen atoms in total. The van der Waals surface area contributed by atoms with Crippen molar-refractivity contribution >= 4 is 11.7 Å².